The number of carbonyl (C=O) groups excluding carboxylic acids is 1. The molecule has 2 saturated carbocycles. The van der Waals surface area contributed by atoms with Gasteiger partial charge >= 0.3 is 0 Å². The minimum Gasteiger partial charge on any atom is -0.376 e. The van der Waals surface area contributed by atoms with E-state index in [1.54, 1.807) is 6.92 Å². The molecule has 2 N–H and O–H groups in total. The Labute approximate surface area is 164 Å². The van der Waals surface area contributed by atoms with Gasteiger partial charge in [0, 0.05) is 38.2 Å². The fourth-order valence-corrected chi connectivity index (χ4v) is 5.76. The number of carbonyl (C=O) groups is 1. The van der Waals surface area contributed by atoms with E-state index in [1.807, 2.05) is 6.92 Å². The summed E-state index contributed by atoms with van der Waals surface area (Å²) in [5.74, 6) is 0.365. The molecule has 0 spiro atoms. The molecule has 2 aliphatic carbocycles. The molecule has 1 heterocycles. The van der Waals surface area contributed by atoms with E-state index >= 15 is 0 Å². The maximum Gasteiger partial charge on any atom is 0.217 e. The van der Waals surface area contributed by atoms with Crippen LogP contribution in [-0.2, 0) is 9.53 Å². The second-order valence-corrected chi connectivity index (χ2v) is 8.63. The number of ether oxygens (including phenoxy) is 1. The van der Waals surface area contributed by atoms with Crippen LogP contribution in [-0.4, -0.2) is 61.3 Å². The van der Waals surface area contributed by atoms with Crippen molar-refractivity contribution in [1.29, 1.82) is 5.26 Å². The third-order valence-corrected chi connectivity index (χ3v) is 6.98. The van der Waals surface area contributed by atoms with Crippen molar-refractivity contribution in [2.75, 3.05) is 20.2 Å². The zero-order valence-corrected chi connectivity index (χ0v) is 17.1. The Morgan fingerprint density at radius 3 is 2.67 bits per heavy atom. The predicted molar refractivity (Wildman–Crippen MR) is 105 cm³/mol. The third kappa shape index (κ3) is 4.64. The number of piperidine rings is 1. The van der Waals surface area contributed by atoms with E-state index in [9.17, 15) is 10.1 Å². The Kier molecular flexibility index (Phi) is 7.13. The van der Waals surface area contributed by atoms with Crippen LogP contribution in [0.5, 0.6) is 0 Å². The second kappa shape index (κ2) is 9.36. The molecule has 0 bridgehead atoms. The Morgan fingerprint density at radius 2 is 2.04 bits per heavy atom. The SMILES string of the molecule is CCOC1CC2NCC(C#N)C(N(C)C3CCCCC3)C2CC1NC(C)=O. The Balaban J connectivity index is 1.80. The van der Waals surface area contributed by atoms with Crippen LogP contribution in [0.3, 0.4) is 0 Å². The van der Waals surface area contributed by atoms with Gasteiger partial charge in [-0.05, 0) is 45.6 Å². The quantitative estimate of drug-likeness (QED) is 0.768. The predicted octanol–water partition coefficient (Wildman–Crippen LogP) is 2.05. The number of nitrogens with zero attached hydrogens (tertiary/aromatic N) is 2. The molecular formula is C21H36N4O2. The summed E-state index contributed by atoms with van der Waals surface area (Å²) in [6, 6.07) is 3.80. The monoisotopic (exact) mass is 376 g/mol. The lowest BCUT2D eigenvalue weighted by atomic mass is 9.69. The normalized spacial score (nSPS) is 37.4. The molecule has 3 aliphatic rings. The standard InChI is InChI=1S/C21H36N4O2/c1-4-27-20-11-18-17(10-19(20)24-14(2)26)21(15(12-22)13-23-18)25(3)16-8-6-5-7-9-16/h15-21,23H,4-11,13H2,1-3H3,(H,24,26). The van der Waals surface area contributed by atoms with Gasteiger partial charge in [-0.25, -0.2) is 0 Å². The summed E-state index contributed by atoms with van der Waals surface area (Å²) in [6.45, 7) is 5.00. The molecule has 3 rings (SSSR count). The summed E-state index contributed by atoms with van der Waals surface area (Å²) in [7, 11) is 2.23. The van der Waals surface area contributed by atoms with Gasteiger partial charge in [-0.1, -0.05) is 19.3 Å². The van der Waals surface area contributed by atoms with E-state index < -0.39 is 0 Å². The molecule has 6 nitrogen and oxygen atoms in total. The van der Waals surface area contributed by atoms with E-state index in [2.05, 4.69) is 28.7 Å². The third-order valence-electron chi connectivity index (χ3n) is 6.98. The first kappa shape index (κ1) is 20.6. The fraction of sp³-hybridized carbons (Fsp3) is 0.905. The van der Waals surface area contributed by atoms with E-state index in [-0.39, 0.29) is 30.0 Å². The van der Waals surface area contributed by atoms with Gasteiger partial charge < -0.3 is 15.4 Å². The second-order valence-electron chi connectivity index (χ2n) is 8.63. The van der Waals surface area contributed by atoms with Crippen molar-refractivity contribution in [3.8, 4) is 6.07 Å². The average molecular weight is 377 g/mol. The van der Waals surface area contributed by atoms with Crippen LogP contribution in [0.1, 0.15) is 58.8 Å². The maximum atomic E-state index is 11.8. The number of nitrogens with one attached hydrogen (secondary N) is 2. The number of rotatable bonds is 5. The molecule has 6 heteroatoms. The fourth-order valence-electron chi connectivity index (χ4n) is 5.76. The Morgan fingerprint density at radius 1 is 1.30 bits per heavy atom. The van der Waals surface area contributed by atoms with Crippen LogP contribution < -0.4 is 10.6 Å². The van der Waals surface area contributed by atoms with Crippen LogP contribution >= 0.6 is 0 Å². The van der Waals surface area contributed by atoms with Crippen molar-refractivity contribution >= 4 is 5.91 Å². The van der Waals surface area contributed by atoms with Crippen LogP contribution in [0.4, 0.5) is 0 Å². The van der Waals surface area contributed by atoms with E-state index in [0.717, 1.165) is 19.4 Å². The van der Waals surface area contributed by atoms with Crippen molar-refractivity contribution in [3.63, 3.8) is 0 Å². The number of nitriles is 1. The molecule has 0 aromatic rings. The number of amides is 1. The van der Waals surface area contributed by atoms with Gasteiger partial charge in [0.2, 0.25) is 5.91 Å². The molecule has 1 saturated heterocycles. The summed E-state index contributed by atoms with van der Waals surface area (Å²) in [6.07, 6.45) is 8.24. The van der Waals surface area contributed by atoms with Gasteiger partial charge in [-0.3, -0.25) is 9.69 Å². The summed E-state index contributed by atoms with van der Waals surface area (Å²) >= 11 is 0. The molecule has 1 aliphatic heterocycles. The highest BCUT2D eigenvalue weighted by Gasteiger charge is 2.48. The minimum atomic E-state index is -0.000187. The summed E-state index contributed by atoms with van der Waals surface area (Å²) in [5.41, 5.74) is 0. The van der Waals surface area contributed by atoms with Crippen LogP contribution in [0.15, 0.2) is 0 Å². The van der Waals surface area contributed by atoms with Gasteiger partial charge in [0.15, 0.2) is 0 Å². The summed E-state index contributed by atoms with van der Waals surface area (Å²) in [5, 5.41) is 16.6. The molecule has 152 valence electrons. The van der Waals surface area contributed by atoms with Crippen molar-refractivity contribution < 1.29 is 9.53 Å². The number of hydrogen-bond acceptors (Lipinski definition) is 5. The molecule has 3 fully saturated rings. The molecule has 0 aromatic carbocycles. The lowest BCUT2D eigenvalue weighted by Crippen LogP contribution is -2.66. The number of fused-ring (bicyclic) bond motifs is 1. The van der Waals surface area contributed by atoms with Gasteiger partial charge in [0.25, 0.3) is 0 Å². The lowest BCUT2D eigenvalue weighted by molar-refractivity contribution is -0.122. The van der Waals surface area contributed by atoms with Gasteiger partial charge in [-0.15, -0.1) is 0 Å². The van der Waals surface area contributed by atoms with Gasteiger partial charge in [-0.2, -0.15) is 5.26 Å². The van der Waals surface area contributed by atoms with Crippen molar-refractivity contribution in [1.82, 2.24) is 15.5 Å². The largest absolute Gasteiger partial charge is 0.376 e. The zero-order valence-electron chi connectivity index (χ0n) is 17.1. The minimum absolute atomic E-state index is 0.000187. The van der Waals surface area contributed by atoms with E-state index in [0.29, 0.717) is 24.6 Å². The zero-order chi connectivity index (χ0) is 19.4. The first-order chi connectivity index (χ1) is 13.0. The van der Waals surface area contributed by atoms with Crippen molar-refractivity contribution in [2.24, 2.45) is 11.8 Å². The first-order valence-corrected chi connectivity index (χ1v) is 10.8. The van der Waals surface area contributed by atoms with Crippen molar-refractivity contribution in [3.05, 3.63) is 0 Å². The average Bonchev–Trinajstić information content (AvgIpc) is 2.67. The number of hydrogen-bond donors (Lipinski definition) is 2. The molecule has 1 amide bonds. The van der Waals surface area contributed by atoms with Crippen LogP contribution in [0, 0.1) is 23.2 Å². The van der Waals surface area contributed by atoms with Gasteiger partial charge in [0.1, 0.15) is 0 Å². The molecule has 0 aromatic heterocycles. The van der Waals surface area contributed by atoms with Crippen LogP contribution in [0.25, 0.3) is 0 Å². The summed E-state index contributed by atoms with van der Waals surface area (Å²) in [4.78, 5) is 14.3. The highest BCUT2D eigenvalue weighted by Crippen LogP contribution is 2.39. The topological polar surface area (TPSA) is 77.4 Å². The lowest BCUT2D eigenvalue weighted by Gasteiger charge is -2.53. The van der Waals surface area contributed by atoms with E-state index in [4.69, 9.17) is 4.74 Å². The maximum absolute atomic E-state index is 11.8. The van der Waals surface area contributed by atoms with Gasteiger partial charge in [0.05, 0.1) is 24.1 Å². The Hall–Kier alpha value is -1.16. The van der Waals surface area contributed by atoms with Crippen LogP contribution in [0.2, 0.25) is 0 Å². The molecule has 6 atom stereocenters. The summed E-state index contributed by atoms with van der Waals surface area (Å²) < 4.78 is 5.98. The smallest absolute Gasteiger partial charge is 0.217 e. The van der Waals surface area contributed by atoms with Crippen molar-refractivity contribution in [2.45, 2.75) is 89.1 Å². The molecule has 6 unspecified atom stereocenters. The molecule has 0 radical (unpaired) electrons. The first-order valence-electron chi connectivity index (χ1n) is 10.8. The Bertz CT molecular complexity index is 543. The molecular weight excluding hydrogens is 340 g/mol. The molecule has 27 heavy (non-hydrogen) atoms. The van der Waals surface area contributed by atoms with E-state index in [1.165, 1.54) is 32.1 Å². The highest BCUT2D eigenvalue weighted by atomic mass is 16.5. The highest BCUT2D eigenvalue weighted by molar-refractivity contribution is 5.73.